The summed E-state index contributed by atoms with van der Waals surface area (Å²) in [5, 5.41) is 8.78. The number of hydrogen-bond acceptors (Lipinski definition) is 6. The van der Waals surface area contributed by atoms with Crippen LogP contribution < -0.4 is 5.32 Å². The van der Waals surface area contributed by atoms with Gasteiger partial charge in [-0.3, -0.25) is 14.5 Å². The van der Waals surface area contributed by atoms with Gasteiger partial charge in [0, 0.05) is 55.6 Å². The minimum absolute atomic E-state index is 0.0322. The van der Waals surface area contributed by atoms with Gasteiger partial charge in [0.15, 0.2) is 0 Å². The van der Waals surface area contributed by atoms with E-state index >= 15 is 0 Å². The Kier molecular flexibility index (Phi) is 5.74. The van der Waals surface area contributed by atoms with Gasteiger partial charge in [-0.25, -0.2) is 0 Å². The van der Waals surface area contributed by atoms with E-state index in [1.807, 2.05) is 24.1 Å². The number of aryl methyl sites for hydroxylation is 2. The second kappa shape index (κ2) is 8.28. The van der Waals surface area contributed by atoms with Crippen molar-refractivity contribution in [2.45, 2.75) is 46.2 Å². The van der Waals surface area contributed by atoms with E-state index in [1.165, 1.54) is 10.4 Å². The Balaban J connectivity index is 1.45. The minimum atomic E-state index is -0.0993. The molecule has 156 valence electrons. The number of likely N-dealkylation sites (tertiary alicyclic amines) is 1. The molecule has 2 aliphatic rings. The van der Waals surface area contributed by atoms with E-state index in [0.717, 1.165) is 68.0 Å². The summed E-state index contributed by atoms with van der Waals surface area (Å²) >= 11 is 1.67. The van der Waals surface area contributed by atoms with Crippen molar-refractivity contribution in [1.82, 2.24) is 20.3 Å². The maximum Gasteiger partial charge on any atom is 0.255 e. The van der Waals surface area contributed by atoms with Gasteiger partial charge >= 0.3 is 0 Å². The number of fused-ring (bicyclic) bond motifs is 1. The van der Waals surface area contributed by atoms with Crippen molar-refractivity contribution >= 4 is 23.2 Å². The first-order valence-electron chi connectivity index (χ1n) is 10.2. The van der Waals surface area contributed by atoms with E-state index < -0.39 is 0 Å². The molecule has 4 heterocycles. The zero-order valence-electron chi connectivity index (χ0n) is 17.3. The number of carbonyl (C=O) groups excluding carboxylic acids is 2. The molecule has 0 aliphatic carbocycles. The highest BCUT2D eigenvalue weighted by atomic mass is 32.1. The Bertz CT molecular complexity index is 900. The summed E-state index contributed by atoms with van der Waals surface area (Å²) in [7, 11) is 1.66. The normalized spacial score (nSPS) is 19.8. The monoisotopic (exact) mass is 416 g/mol. The predicted molar refractivity (Wildman–Crippen MR) is 111 cm³/mol. The van der Waals surface area contributed by atoms with Crippen LogP contribution in [0.3, 0.4) is 0 Å². The van der Waals surface area contributed by atoms with Gasteiger partial charge < -0.3 is 14.7 Å². The lowest BCUT2D eigenvalue weighted by Crippen LogP contribution is -2.45. The molecule has 1 atom stereocenters. The summed E-state index contributed by atoms with van der Waals surface area (Å²) < 4.78 is 5.29. The average molecular weight is 417 g/mol. The lowest BCUT2D eigenvalue weighted by atomic mass is 9.95. The zero-order valence-corrected chi connectivity index (χ0v) is 18.1. The molecule has 1 fully saturated rings. The summed E-state index contributed by atoms with van der Waals surface area (Å²) in [6.45, 7) is 7.76. The third kappa shape index (κ3) is 3.96. The van der Waals surface area contributed by atoms with Gasteiger partial charge in [-0.1, -0.05) is 5.16 Å². The third-order valence-electron chi connectivity index (χ3n) is 6.15. The first-order chi connectivity index (χ1) is 14.0. The van der Waals surface area contributed by atoms with Crippen LogP contribution in [0.15, 0.2) is 9.90 Å². The molecule has 0 spiro atoms. The second-order valence-corrected chi connectivity index (χ2v) is 8.98. The summed E-state index contributed by atoms with van der Waals surface area (Å²) in [4.78, 5) is 30.7. The molecule has 0 saturated carbocycles. The fraction of sp³-hybridized carbons (Fsp3) is 0.571. The van der Waals surface area contributed by atoms with E-state index in [-0.39, 0.29) is 17.7 Å². The van der Waals surface area contributed by atoms with Gasteiger partial charge in [-0.15, -0.1) is 11.3 Å². The molecular formula is C21H28N4O3S. The number of amides is 2. The van der Waals surface area contributed by atoms with Crippen LogP contribution in [0.2, 0.25) is 0 Å². The summed E-state index contributed by atoms with van der Waals surface area (Å²) in [5.74, 6) is 0.893. The van der Waals surface area contributed by atoms with Crippen LogP contribution in [-0.2, 0) is 24.3 Å². The molecule has 2 amide bonds. The number of hydrogen-bond donors (Lipinski definition) is 1. The number of nitrogens with zero attached hydrogens (tertiary/aromatic N) is 3. The topological polar surface area (TPSA) is 78.7 Å². The highest BCUT2D eigenvalue weighted by Gasteiger charge is 2.31. The van der Waals surface area contributed by atoms with E-state index in [2.05, 4.69) is 15.4 Å². The number of aromatic nitrogens is 1. The fourth-order valence-electron chi connectivity index (χ4n) is 4.40. The van der Waals surface area contributed by atoms with Gasteiger partial charge in [0.05, 0.1) is 17.2 Å². The first-order valence-corrected chi connectivity index (χ1v) is 11.1. The molecule has 1 unspecified atom stereocenters. The van der Waals surface area contributed by atoms with Crippen molar-refractivity contribution in [2.24, 2.45) is 5.92 Å². The lowest BCUT2D eigenvalue weighted by Gasteiger charge is -2.32. The molecule has 4 rings (SSSR count). The average Bonchev–Trinajstić information content (AvgIpc) is 3.30. The number of nitrogens with one attached hydrogen (secondary N) is 1. The molecule has 2 aromatic rings. The minimum Gasteiger partial charge on any atom is -0.361 e. The maximum absolute atomic E-state index is 13.2. The van der Waals surface area contributed by atoms with Crippen LogP contribution in [0.5, 0.6) is 0 Å². The Labute approximate surface area is 175 Å². The van der Waals surface area contributed by atoms with Crippen LogP contribution in [0.1, 0.15) is 50.7 Å². The molecule has 1 N–H and O–H groups in total. The molecule has 1 saturated heterocycles. The fourth-order valence-corrected chi connectivity index (χ4v) is 5.51. The molecule has 2 aromatic heterocycles. The third-order valence-corrected chi connectivity index (χ3v) is 7.16. The van der Waals surface area contributed by atoms with Crippen molar-refractivity contribution in [2.75, 3.05) is 26.7 Å². The van der Waals surface area contributed by atoms with Gasteiger partial charge in [0.25, 0.3) is 5.91 Å². The van der Waals surface area contributed by atoms with Crippen LogP contribution in [-0.4, -0.2) is 53.5 Å². The largest absolute Gasteiger partial charge is 0.361 e. The highest BCUT2D eigenvalue weighted by Crippen LogP contribution is 2.31. The van der Waals surface area contributed by atoms with Gasteiger partial charge in [-0.2, -0.15) is 0 Å². The Morgan fingerprint density at radius 2 is 2.17 bits per heavy atom. The van der Waals surface area contributed by atoms with E-state index in [1.54, 1.807) is 18.4 Å². The van der Waals surface area contributed by atoms with Crippen molar-refractivity contribution < 1.29 is 14.1 Å². The second-order valence-electron chi connectivity index (χ2n) is 8.02. The maximum atomic E-state index is 13.2. The van der Waals surface area contributed by atoms with Gasteiger partial charge in [0.1, 0.15) is 5.76 Å². The Morgan fingerprint density at radius 3 is 2.90 bits per heavy atom. The Morgan fingerprint density at radius 1 is 1.34 bits per heavy atom. The molecule has 2 aliphatic heterocycles. The van der Waals surface area contributed by atoms with Crippen molar-refractivity contribution in [3.05, 3.63) is 38.4 Å². The molecule has 0 aromatic carbocycles. The smallest absolute Gasteiger partial charge is 0.255 e. The quantitative estimate of drug-likeness (QED) is 0.829. The van der Waals surface area contributed by atoms with Crippen LogP contribution in [0, 0.1) is 19.8 Å². The Hall–Kier alpha value is -2.19. The molecule has 29 heavy (non-hydrogen) atoms. The molecule has 0 bridgehead atoms. The summed E-state index contributed by atoms with van der Waals surface area (Å²) in [5.41, 5.74) is 4.14. The number of thiophene rings is 1. The highest BCUT2D eigenvalue weighted by molar-refractivity contribution is 7.10. The molecular weight excluding hydrogens is 388 g/mol. The van der Waals surface area contributed by atoms with Gasteiger partial charge in [0.2, 0.25) is 5.91 Å². The molecule has 8 heteroatoms. The number of rotatable bonds is 4. The van der Waals surface area contributed by atoms with Crippen LogP contribution >= 0.6 is 11.3 Å². The lowest BCUT2D eigenvalue weighted by molar-refractivity contribution is -0.125. The van der Waals surface area contributed by atoms with Crippen molar-refractivity contribution in [1.29, 1.82) is 0 Å². The van der Waals surface area contributed by atoms with E-state index in [4.69, 9.17) is 4.52 Å². The summed E-state index contributed by atoms with van der Waals surface area (Å²) in [6, 6.07) is 0. The van der Waals surface area contributed by atoms with Crippen LogP contribution in [0.4, 0.5) is 0 Å². The van der Waals surface area contributed by atoms with E-state index in [9.17, 15) is 9.59 Å². The molecule has 7 nitrogen and oxygen atoms in total. The SMILES string of the molecule is CNC(=O)C1CCCN(C(=O)c2csc3c2CCN(Cc2c(C)noc2C)C3)C1. The number of piperidine rings is 1. The van der Waals surface area contributed by atoms with E-state index in [0.29, 0.717) is 6.54 Å². The summed E-state index contributed by atoms with van der Waals surface area (Å²) in [6.07, 6.45) is 2.60. The predicted octanol–water partition coefficient (Wildman–Crippen LogP) is 2.51. The van der Waals surface area contributed by atoms with Gasteiger partial charge in [-0.05, 0) is 38.7 Å². The van der Waals surface area contributed by atoms with Crippen molar-refractivity contribution in [3.63, 3.8) is 0 Å². The molecule has 0 radical (unpaired) electrons. The van der Waals surface area contributed by atoms with Crippen molar-refractivity contribution in [3.8, 4) is 0 Å². The zero-order chi connectivity index (χ0) is 20.5. The van der Waals surface area contributed by atoms with Crippen LogP contribution in [0.25, 0.3) is 0 Å². The standard InChI is InChI=1S/C21H28N4O3S/c1-13-17(14(2)28-23-13)10-24-8-6-16-18(12-29-19(16)11-24)21(27)25-7-4-5-15(9-25)20(26)22-3/h12,15H,4-11H2,1-3H3,(H,22,26). The number of carbonyl (C=O) groups is 2. The first kappa shape index (κ1) is 20.1.